The lowest BCUT2D eigenvalue weighted by atomic mass is 9.88. The minimum absolute atomic E-state index is 0.0442. The summed E-state index contributed by atoms with van der Waals surface area (Å²) in [6.07, 6.45) is 0. The standard InChI is InChI=1S/C16H11BrClNO/c1-10-15(11-3-2-4-12(17)9-11)19(16(10)20)14-7-5-13(18)6-8-14/h2-9,15H,1H2/t15-/m0/s1. The molecule has 100 valence electrons. The van der Waals surface area contributed by atoms with Gasteiger partial charge < -0.3 is 0 Å². The maximum absolute atomic E-state index is 12.1. The van der Waals surface area contributed by atoms with Crippen LogP contribution in [0.25, 0.3) is 0 Å². The van der Waals surface area contributed by atoms with Gasteiger partial charge in [-0.2, -0.15) is 0 Å². The number of carbonyl (C=O) groups is 1. The summed E-state index contributed by atoms with van der Waals surface area (Å²) >= 11 is 9.34. The molecule has 2 aromatic rings. The van der Waals surface area contributed by atoms with Gasteiger partial charge in [0.2, 0.25) is 0 Å². The van der Waals surface area contributed by atoms with Crippen molar-refractivity contribution < 1.29 is 4.79 Å². The number of hydrogen-bond donors (Lipinski definition) is 0. The third kappa shape index (κ3) is 2.17. The van der Waals surface area contributed by atoms with E-state index in [2.05, 4.69) is 22.5 Å². The third-order valence-corrected chi connectivity index (χ3v) is 4.10. The number of hydrogen-bond acceptors (Lipinski definition) is 1. The Hall–Kier alpha value is -1.58. The molecule has 0 saturated carbocycles. The van der Waals surface area contributed by atoms with Gasteiger partial charge in [-0.05, 0) is 42.0 Å². The summed E-state index contributed by atoms with van der Waals surface area (Å²) in [5, 5.41) is 0.652. The van der Waals surface area contributed by atoms with Crippen LogP contribution in [-0.2, 0) is 4.79 Å². The normalized spacial score (nSPS) is 18.1. The highest BCUT2D eigenvalue weighted by Crippen LogP contribution is 2.42. The molecule has 1 amide bonds. The van der Waals surface area contributed by atoms with Gasteiger partial charge in [0.05, 0.1) is 6.04 Å². The Balaban J connectivity index is 1.99. The molecule has 0 radical (unpaired) electrons. The van der Waals surface area contributed by atoms with E-state index in [-0.39, 0.29) is 11.9 Å². The van der Waals surface area contributed by atoms with Crippen LogP contribution in [0.3, 0.4) is 0 Å². The summed E-state index contributed by atoms with van der Waals surface area (Å²) in [5.41, 5.74) is 2.48. The van der Waals surface area contributed by atoms with Crippen LogP contribution in [0, 0.1) is 0 Å². The second-order valence-electron chi connectivity index (χ2n) is 4.63. The van der Waals surface area contributed by atoms with E-state index in [4.69, 9.17) is 11.6 Å². The molecule has 0 aromatic heterocycles. The Labute approximate surface area is 130 Å². The van der Waals surface area contributed by atoms with Crippen molar-refractivity contribution in [3.8, 4) is 0 Å². The van der Waals surface area contributed by atoms with E-state index in [1.807, 2.05) is 36.4 Å². The number of rotatable bonds is 2. The van der Waals surface area contributed by atoms with Gasteiger partial charge in [0.1, 0.15) is 0 Å². The van der Waals surface area contributed by atoms with Gasteiger partial charge in [0, 0.05) is 20.8 Å². The number of anilines is 1. The van der Waals surface area contributed by atoms with Crippen LogP contribution in [0.2, 0.25) is 5.02 Å². The van der Waals surface area contributed by atoms with Crippen LogP contribution in [-0.4, -0.2) is 5.91 Å². The fourth-order valence-corrected chi connectivity index (χ4v) is 2.92. The van der Waals surface area contributed by atoms with E-state index in [0.29, 0.717) is 10.6 Å². The second kappa shape index (κ2) is 5.08. The average Bonchev–Trinajstić information content (AvgIpc) is 2.45. The number of β-lactam (4-membered cyclic amide) rings is 1. The zero-order chi connectivity index (χ0) is 14.3. The van der Waals surface area contributed by atoms with E-state index >= 15 is 0 Å². The highest BCUT2D eigenvalue weighted by molar-refractivity contribution is 9.10. The molecule has 0 unspecified atom stereocenters. The molecule has 0 spiro atoms. The van der Waals surface area contributed by atoms with Gasteiger partial charge >= 0.3 is 0 Å². The summed E-state index contributed by atoms with van der Waals surface area (Å²) in [5.74, 6) is -0.0442. The lowest BCUT2D eigenvalue weighted by Gasteiger charge is -2.42. The number of carbonyl (C=O) groups excluding carboxylic acids is 1. The molecular weight excluding hydrogens is 338 g/mol. The topological polar surface area (TPSA) is 20.3 Å². The van der Waals surface area contributed by atoms with Crippen molar-refractivity contribution in [2.24, 2.45) is 0 Å². The van der Waals surface area contributed by atoms with Gasteiger partial charge in [0.25, 0.3) is 5.91 Å². The number of halogens is 2. The van der Waals surface area contributed by atoms with Crippen molar-refractivity contribution in [3.05, 3.63) is 75.7 Å². The molecule has 1 atom stereocenters. The largest absolute Gasteiger partial charge is 0.297 e. The zero-order valence-corrected chi connectivity index (χ0v) is 12.9. The predicted octanol–water partition coefficient (Wildman–Crippen LogP) is 4.75. The molecule has 0 bridgehead atoms. The Bertz CT molecular complexity index is 696. The molecule has 3 rings (SSSR count). The van der Waals surface area contributed by atoms with E-state index < -0.39 is 0 Å². The van der Waals surface area contributed by atoms with Gasteiger partial charge in [-0.15, -0.1) is 0 Å². The first-order valence-electron chi connectivity index (χ1n) is 6.11. The highest BCUT2D eigenvalue weighted by Gasteiger charge is 2.42. The molecule has 20 heavy (non-hydrogen) atoms. The molecule has 1 fully saturated rings. The molecule has 4 heteroatoms. The summed E-state index contributed by atoms with van der Waals surface area (Å²) in [7, 11) is 0. The number of benzene rings is 2. The van der Waals surface area contributed by atoms with Gasteiger partial charge in [-0.3, -0.25) is 9.69 Å². The highest BCUT2D eigenvalue weighted by atomic mass is 79.9. The first-order valence-corrected chi connectivity index (χ1v) is 7.28. The fraction of sp³-hybridized carbons (Fsp3) is 0.0625. The monoisotopic (exact) mass is 347 g/mol. The molecule has 0 N–H and O–H groups in total. The third-order valence-electron chi connectivity index (χ3n) is 3.35. The van der Waals surface area contributed by atoms with E-state index in [0.717, 1.165) is 15.7 Å². The van der Waals surface area contributed by atoms with E-state index in [1.54, 1.807) is 17.0 Å². The summed E-state index contributed by atoms with van der Waals surface area (Å²) < 4.78 is 0.984. The van der Waals surface area contributed by atoms with Crippen molar-refractivity contribution in [2.45, 2.75) is 6.04 Å². The molecule has 1 heterocycles. The van der Waals surface area contributed by atoms with Gasteiger partial charge in [0.15, 0.2) is 0 Å². The summed E-state index contributed by atoms with van der Waals surface area (Å²) in [6, 6.07) is 15.1. The van der Waals surface area contributed by atoms with Crippen LogP contribution >= 0.6 is 27.5 Å². The molecule has 1 saturated heterocycles. The molecule has 0 aliphatic carbocycles. The number of amides is 1. The Morgan fingerprint density at radius 2 is 1.85 bits per heavy atom. The van der Waals surface area contributed by atoms with Crippen molar-refractivity contribution in [1.82, 2.24) is 0 Å². The Morgan fingerprint density at radius 3 is 2.50 bits per heavy atom. The van der Waals surface area contributed by atoms with Gasteiger partial charge in [-0.1, -0.05) is 46.2 Å². The lowest BCUT2D eigenvalue weighted by Crippen LogP contribution is -2.48. The maximum atomic E-state index is 12.1. The second-order valence-corrected chi connectivity index (χ2v) is 5.99. The lowest BCUT2D eigenvalue weighted by molar-refractivity contribution is -0.118. The predicted molar refractivity (Wildman–Crippen MR) is 85.0 cm³/mol. The minimum Gasteiger partial charge on any atom is -0.297 e. The first-order chi connectivity index (χ1) is 9.58. The molecule has 1 aliphatic heterocycles. The average molecular weight is 349 g/mol. The van der Waals surface area contributed by atoms with Crippen molar-refractivity contribution in [2.75, 3.05) is 4.90 Å². The van der Waals surface area contributed by atoms with Crippen molar-refractivity contribution in [3.63, 3.8) is 0 Å². The van der Waals surface area contributed by atoms with Crippen LogP contribution in [0.4, 0.5) is 5.69 Å². The Morgan fingerprint density at radius 1 is 1.15 bits per heavy atom. The maximum Gasteiger partial charge on any atom is 0.256 e. The molecular formula is C16H11BrClNO. The SMILES string of the molecule is C=C1C(=O)N(c2ccc(Cl)cc2)[C@@H]1c1cccc(Br)c1. The summed E-state index contributed by atoms with van der Waals surface area (Å²) in [6.45, 7) is 3.89. The minimum atomic E-state index is -0.110. The zero-order valence-electron chi connectivity index (χ0n) is 10.5. The van der Waals surface area contributed by atoms with Crippen LogP contribution < -0.4 is 4.90 Å². The number of nitrogens with zero attached hydrogens (tertiary/aromatic N) is 1. The molecule has 2 aromatic carbocycles. The fourth-order valence-electron chi connectivity index (χ4n) is 2.37. The summed E-state index contributed by atoms with van der Waals surface area (Å²) in [4.78, 5) is 13.8. The van der Waals surface area contributed by atoms with Crippen molar-refractivity contribution >= 4 is 39.1 Å². The smallest absolute Gasteiger partial charge is 0.256 e. The quantitative estimate of drug-likeness (QED) is 0.567. The van der Waals surface area contributed by atoms with Crippen LogP contribution in [0.1, 0.15) is 11.6 Å². The van der Waals surface area contributed by atoms with Crippen LogP contribution in [0.15, 0.2) is 65.2 Å². The first kappa shape index (κ1) is 13.4. The van der Waals surface area contributed by atoms with E-state index in [9.17, 15) is 4.79 Å². The van der Waals surface area contributed by atoms with Crippen molar-refractivity contribution in [1.29, 1.82) is 0 Å². The van der Waals surface area contributed by atoms with Gasteiger partial charge in [-0.25, -0.2) is 0 Å². The molecule has 1 aliphatic rings. The van der Waals surface area contributed by atoms with Crippen LogP contribution in [0.5, 0.6) is 0 Å². The molecule has 2 nitrogen and oxygen atoms in total. The van der Waals surface area contributed by atoms with E-state index in [1.165, 1.54) is 0 Å². The Kier molecular flexibility index (Phi) is 3.40.